The van der Waals surface area contributed by atoms with Crippen LogP contribution in [0.4, 0.5) is 0 Å². The van der Waals surface area contributed by atoms with Crippen molar-refractivity contribution < 1.29 is 0 Å². The van der Waals surface area contributed by atoms with Gasteiger partial charge in [0.2, 0.25) is 0 Å². The van der Waals surface area contributed by atoms with E-state index in [1.54, 1.807) is 0 Å². The fraction of sp³-hybridized carbons (Fsp3) is 0.200. The molecule has 2 heterocycles. The summed E-state index contributed by atoms with van der Waals surface area (Å²) in [7, 11) is 4.28. The number of aromatic nitrogens is 2. The monoisotopic (exact) mass is 700 g/mol. The first-order chi connectivity index (χ1) is 26.2. The topological polar surface area (TPSA) is 33.4 Å². The van der Waals surface area contributed by atoms with E-state index in [-0.39, 0.29) is 17.5 Å². The molecule has 4 atom stereocenters. The first-order valence-corrected chi connectivity index (χ1v) is 19.2. The number of aliphatic imine (C=N–C) groups is 1. The van der Waals surface area contributed by atoms with Crippen molar-refractivity contribution in [3.05, 3.63) is 162 Å². The minimum Gasteiger partial charge on any atom is -0.352 e. The zero-order valence-corrected chi connectivity index (χ0v) is 31.8. The van der Waals surface area contributed by atoms with E-state index in [0.717, 1.165) is 22.7 Å². The van der Waals surface area contributed by atoms with Crippen molar-refractivity contribution in [3.63, 3.8) is 0 Å². The number of imidazole rings is 1. The summed E-state index contributed by atoms with van der Waals surface area (Å²) in [5, 5.41) is 5.04. The summed E-state index contributed by atoms with van der Waals surface area (Å²) in [6, 6.07) is 41.1. The van der Waals surface area contributed by atoms with E-state index in [0.29, 0.717) is 5.92 Å². The maximum atomic E-state index is 5.00. The highest BCUT2D eigenvalue weighted by molar-refractivity contribution is 6.19. The third-order valence-electron chi connectivity index (χ3n) is 12.8. The standard InChI is InChI=1S/C50H44N4/c1-30-21-22-34-15-10-20-41(48(34)47(30)33-13-8-7-9-14-33)49-39-18-11-16-37(35-23-25-44-45(27-35)53(5)31(2)51-44)42(39)28-43-38(17-12-19-40(43)49)36-24-26-46-50(4,29-36)54(6)32(3)52-46/h7-30,46-47H,1-6H3/t30?,46-,47?,50?/m1/s1. The van der Waals surface area contributed by atoms with Crippen molar-refractivity contribution >= 4 is 50.1 Å². The number of likely N-dealkylation sites (N-methyl/N-ethyl adjacent to an activating group) is 1. The summed E-state index contributed by atoms with van der Waals surface area (Å²) in [5.74, 6) is 2.67. The van der Waals surface area contributed by atoms with Gasteiger partial charge >= 0.3 is 0 Å². The summed E-state index contributed by atoms with van der Waals surface area (Å²) < 4.78 is 2.19. The van der Waals surface area contributed by atoms with Gasteiger partial charge in [0, 0.05) is 20.0 Å². The molecule has 54 heavy (non-hydrogen) atoms. The van der Waals surface area contributed by atoms with E-state index in [4.69, 9.17) is 9.98 Å². The van der Waals surface area contributed by atoms with E-state index in [1.807, 2.05) is 0 Å². The highest BCUT2D eigenvalue weighted by Gasteiger charge is 2.42. The first kappa shape index (κ1) is 32.6. The Morgan fingerprint density at radius 3 is 2.20 bits per heavy atom. The van der Waals surface area contributed by atoms with Crippen LogP contribution in [0.3, 0.4) is 0 Å². The van der Waals surface area contributed by atoms with Crippen LogP contribution in [0.5, 0.6) is 0 Å². The lowest BCUT2D eigenvalue weighted by molar-refractivity contribution is 0.300. The van der Waals surface area contributed by atoms with Gasteiger partial charge in [-0.2, -0.15) is 0 Å². The lowest BCUT2D eigenvalue weighted by Crippen LogP contribution is -2.47. The number of nitrogens with zero attached hydrogens (tertiary/aromatic N) is 4. The largest absolute Gasteiger partial charge is 0.352 e. The van der Waals surface area contributed by atoms with E-state index >= 15 is 0 Å². The van der Waals surface area contributed by atoms with Gasteiger partial charge in [-0.05, 0) is 123 Å². The van der Waals surface area contributed by atoms with Crippen LogP contribution in [0.1, 0.15) is 54.8 Å². The molecule has 0 spiro atoms. The molecule has 4 nitrogen and oxygen atoms in total. The van der Waals surface area contributed by atoms with Crippen molar-refractivity contribution in [2.75, 3.05) is 7.05 Å². The molecule has 0 bridgehead atoms. The molecular weight excluding hydrogens is 657 g/mol. The Balaban J connectivity index is 1.30. The number of allylic oxidation sites excluding steroid dienone is 3. The summed E-state index contributed by atoms with van der Waals surface area (Å²) >= 11 is 0. The smallest absolute Gasteiger partial charge is 0.106 e. The van der Waals surface area contributed by atoms with Crippen LogP contribution in [-0.4, -0.2) is 38.9 Å². The van der Waals surface area contributed by atoms with E-state index in [9.17, 15) is 0 Å². The van der Waals surface area contributed by atoms with Gasteiger partial charge in [0.05, 0.1) is 28.4 Å². The number of amidine groups is 1. The fourth-order valence-electron chi connectivity index (χ4n) is 9.60. The Kier molecular flexibility index (Phi) is 7.26. The average Bonchev–Trinajstić information content (AvgIpc) is 3.61. The van der Waals surface area contributed by atoms with Gasteiger partial charge in [0.1, 0.15) is 5.82 Å². The van der Waals surface area contributed by atoms with Gasteiger partial charge in [-0.3, -0.25) is 4.99 Å². The van der Waals surface area contributed by atoms with Gasteiger partial charge in [0.15, 0.2) is 0 Å². The second kappa shape index (κ2) is 12.0. The molecule has 264 valence electrons. The molecule has 0 amide bonds. The van der Waals surface area contributed by atoms with Gasteiger partial charge < -0.3 is 9.47 Å². The van der Waals surface area contributed by atoms with Gasteiger partial charge in [-0.15, -0.1) is 0 Å². The van der Waals surface area contributed by atoms with Gasteiger partial charge in [-0.25, -0.2) is 4.98 Å². The van der Waals surface area contributed by atoms with Crippen LogP contribution in [0.15, 0.2) is 138 Å². The molecule has 0 saturated carbocycles. The zero-order chi connectivity index (χ0) is 36.9. The Morgan fingerprint density at radius 1 is 0.685 bits per heavy atom. The van der Waals surface area contributed by atoms with Crippen molar-refractivity contribution in [1.29, 1.82) is 0 Å². The summed E-state index contributed by atoms with van der Waals surface area (Å²) in [6.45, 7) is 8.87. The predicted molar refractivity (Wildman–Crippen MR) is 228 cm³/mol. The molecule has 3 aliphatic rings. The normalized spacial score (nSPS) is 21.8. The first-order valence-electron chi connectivity index (χ1n) is 19.2. The highest BCUT2D eigenvalue weighted by Crippen LogP contribution is 2.49. The molecule has 2 aliphatic carbocycles. The number of fused-ring (bicyclic) bond motifs is 5. The van der Waals surface area contributed by atoms with Crippen molar-refractivity contribution in [3.8, 4) is 22.3 Å². The predicted octanol–water partition coefficient (Wildman–Crippen LogP) is 11.8. The number of hydrogen-bond acceptors (Lipinski definition) is 3. The Labute approximate surface area is 317 Å². The van der Waals surface area contributed by atoms with Crippen molar-refractivity contribution in [2.45, 2.75) is 45.2 Å². The molecule has 3 unspecified atom stereocenters. The lowest BCUT2D eigenvalue weighted by Gasteiger charge is -2.37. The minimum absolute atomic E-state index is 0.107. The fourth-order valence-corrected chi connectivity index (χ4v) is 9.60. The van der Waals surface area contributed by atoms with Crippen LogP contribution in [-0.2, 0) is 7.05 Å². The zero-order valence-electron chi connectivity index (χ0n) is 31.8. The highest BCUT2D eigenvalue weighted by atomic mass is 15.3. The number of rotatable bonds is 4. The molecule has 4 heteroatoms. The maximum Gasteiger partial charge on any atom is 0.106 e. The summed E-state index contributed by atoms with van der Waals surface area (Å²) in [6.07, 6.45) is 11.8. The Bertz CT molecular complexity index is 2810. The van der Waals surface area contributed by atoms with Crippen LogP contribution in [0, 0.1) is 12.8 Å². The number of aryl methyl sites for hydroxylation is 2. The molecule has 0 radical (unpaired) electrons. The molecule has 0 N–H and O–H groups in total. The van der Waals surface area contributed by atoms with Crippen LogP contribution < -0.4 is 0 Å². The van der Waals surface area contributed by atoms with E-state index in [1.165, 1.54) is 71.6 Å². The number of hydrogen-bond donors (Lipinski definition) is 0. The lowest BCUT2D eigenvalue weighted by atomic mass is 9.72. The van der Waals surface area contributed by atoms with Crippen molar-refractivity contribution in [1.82, 2.24) is 14.5 Å². The summed E-state index contributed by atoms with van der Waals surface area (Å²) in [5.41, 5.74) is 13.5. The van der Waals surface area contributed by atoms with E-state index < -0.39 is 0 Å². The molecule has 7 aromatic rings. The molecule has 1 aromatic heterocycles. The summed E-state index contributed by atoms with van der Waals surface area (Å²) in [4.78, 5) is 12.1. The third kappa shape index (κ3) is 4.75. The van der Waals surface area contributed by atoms with Crippen LogP contribution in [0.2, 0.25) is 0 Å². The molecule has 6 aromatic carbocycles. The number of benzene rings is 6. The van der Waals surface area contributed by atoms with Crippen LogP contribution in [0.25, 0.3) is 66.5 Å². The molecule has 10 rings (SSSR count). The minimum atomic E-state index is -0.221. The van der Waals surface area contributed by atoms with Gasteiger partial charge in [0.25, 0.3) is 0 Å². The van der Waals surface area contributed by atoms with Crippen LogP contribution >= 0.6 is 0 Å². The Morgan fingerprint density at radius 2 is 1.41 bits per heavy atom. The average molecular weight is 701 g/mol. The quantitative estimate of drug-likeness (QED) is 0.171. The molecule has 0 saturated heterocycles. The second-order valence-corrected chi connectivity index (χ2v) is 15.8. The van der Waals surface area contributed by atoms with Crippen molar-refractivity contribution in [2.24, 2.45) is 18.0 Å². The SMILES string of the molecule is CC1=N[C@@H]2C=CC(c3cccc4c(-c5cccc6c5C(c5ccccc5)C(C)C=C6)c5cccc(-c6ccc7nc(C)n(C)c7c6)c5cc34)=CC2(C)N1C. The Hall–Kier alpha value is -6.00. The molecule has 1 aliphatic heterocycles. The van der Waals surface area contributed by atoms with E-state index in [2.05, 4.69) is 191 Å². The molecular formula is C50H44N4. The maximum absolute atomic E-state index is 5.00. The molecule has 0 fully saturated rings. The van der Waals surface area contributed by atoms with Gasteiger partial charge in [-0.1, -0.05) is 122 Å². The second-order valence-electron chi connectivity index (χ2n) is 15.8. The third-order valence-corrected chi connectivity index (χ3v) is 12.8.